The van der Waals surface area contributed by atoms with E-state index in [0.717, 1.165) is 25.8 Å². The number of nitrogens with one attached hydrogen (secondary N) is 1. The van der Waals surface area contributed by atoms with Crippen LogP contribution in [0, 0.1) is 6.92 Å². The number of unbranched alkanes of at least 4 members (excludes halogenated alkanes) is 2. The molecule has 0 radical (unpaired) electrons. The largest absolute Gasteiger partial charge is 0.496 e. The molecule has 8 heteroatoms. The Labute approximate surface area is 171 Å². The van der Waals surface area contributed by atoms with E-state index in [0.29, 0.717) is 45.7 Å². The van der Waals surface area contributed by atoms with Gasteiger partial charge < -0.3 is 24.3 Å². The minimum Gasteiger partial charge on any atom is -0.496 e. The minimum atomic E-state index is -0.486. The molecule has 29 heavy (non-hydrogen) atoms. The van der Waals surface area contributed by atoms with Crippen molar-refractivity contribution >= 4 is 11.8 Å². The molecule has 0 unspecified atom stereocenters. The monoisotopic (exact) mass is 403 g/mol. The molecular weight excluding hydrogens is 374 g/mol. The van der Waals surface area contributed by atoms with Gasteiger partial charge in [-0.1, -0.05) is 19.8 Å². The van der Waals surface area contributed by atoms with Gasteiger partial charge in [0, 0.05) is 6.54 Å². The average Bonchev–Trinajstić information content (AvgIpc) is 2.75. The highest BCUT2D eigenvalue weighted by molar-refractivity contribution is 5.93. The number of hydrogen-bond acceptors (Lipinski definition) is 8. The van der Waals surface area contributed by atoms with Crippen molar-refractivity contribution in [2.45, 2.75) is 33.1 Å². The molecular formula is C21H29N3O5. The normalized spacial score (nSPS) is 10.4. The molecule has 8 nitrogen and oxygen atoms in total. The first-order chi connectivity index (χ1) is 14.0. The van der Waals surface area contributed by atoms with Crippen LogP contribution < -0.4 is 19.5 Å². The molecule has 1 aromatic carbocycles. The van der Waals surface area contributed by atoms with Crippen molar-refractivity contribution in [2.24, 2.45) is 0 Å². The highest BCUT2D eigenvalue weighted by Gasteiger charge is 2.23. The fourth-order valence-electron chi connectivity index (χ4n) is 2.96. The number of nitrogens with zero attached hydrogens (tertiary/aromatic N) is 2. The maximum absolute atomic E-state index is 12.0. The van der Waals surface area contributed by atoms with Gasteiger partial charge in [-0.2, -0.15) is 0 Å². The van der Waals surface area contributed by atoms with E-state index in [2.05, 4.69) is 22.2 Å². The number of benzene rings is 1. The van der Waals surface area contributed by atoms with Gasteiger partial charge in [0.15, 0.2) is 5.82 Å². The first-order valence-electron chi connectivity index (χ1n) is 9.51. The van der Waals surface area contributed by atoms with E-state index >= 15 is 0 Å². The highest BCUT2D eigenvalue weighted by atomic mass is 16.5. The van der Waals surface area contributed by atoms with Gasteiger partial charge in [0.05, 0.1) is 45.3 Å². The van der Waals surface area contributed by atoms with E-state index in [1.54, 1.807) is 19.2 Å². The molecule has 1 N–H and O–H groups in total. The van der Waals surface area contributed by atoms with Crippen LogP contribution in [0.5, 0.6) is 17.4 Å². The number of rotatable bonds is 10. The first kappa shape index (κ1) is 22.3. The molecule has 0 saturated heterocycles. The number of anilines is 1. The maximum atomic E-state index is 12.0. The summed E-state index contributed by atoms with van der Waals surface area (Å²) in [6.45, 7) is 4.80. The van der Waals surface area contributed by atoms with Crippen LogP contribution in [-0.2, 0) is 4.74 Å². The molecule has 0 aliphatic rings. The third-order valence-electron chi connectivity index (χ3n) is 4.47. The molecule has 158 valence electrons. The number of ether oxygens (including phenoxy) is 4. The molecule has 0 saturated carbocycles. The number of hydrogen-bond donors (Lipinski definition) is 1. The Hall–Kier alpha value is -3.03. The number of aryl methyl sites for hydroxylation is 1. The van der Waals surface area contributed by atoms with E-state index in [-0.39, 0.29) is 0 Å². The van der Waals surface area contributed by atoms with E-state index in [9.17, 15) is 4.79 Å². The summed E-state index contributed by atoms with van der Waals surface area (Å²) in [5.41, 5.74) is 2.12. The molecule has 0 amide bonds. The molecule has 2 aromatic rings. The topological polar surface area (TPSA) is 91.8 Å². The third kappa shape index (κ3) is 5.07. The van der Waals surface area contributed by atoms with Crippen LogP contribution in [-0.4, -0.2) is 50.9 Å². The van der Waals surface area contributed by atoms with E-state index in [1.165, 1.54) is 21.3 Å². The first-order valence-corrected chi connectivity index (χ1v) is 9.51. The Morgan fingerprint density at radius 2 is 1.66 bits per heavy atom. The third-order valence-corrected chi connectivity index (χ3v) is 4.47. The lowest BCUT2D eigenvalue weighted by Crippen LogP contribution is -2.09. The molecule has 0 aliphatic carbocycles. The van der Waals surface area contributed by atoms with E-state index in [1.807, 2.05) is 6.92 Å². The summed E-state index contributed by atoms with van der Waals surface area (Å²) in [5, 5.41) is 3.29. The Kier molecular flexibility index (Phi) is 8.06. The van der Waals surface area contributed by atoms with Gasteiger partial charge in [-0.3, -0.25) is 0 Å². The summed E-state index contributed by atoms with van der Waals surface area (Å²) in [5.74, 6) is 1.33. The Balaban J connectivity index is 2.54. The second-order valence-corrected chi connectivity index (χ2v) is 6.40. The zero-order chi connectivity index (χ0) is 21.4. The van der Waals surface area contributed by atoms with Crippen molar-refractivity contribution in [2.75, 3.05) is 40.3 Å². The zero-order valence-corrected chi connectivity index (χ0v) is 17.9. The van der Waals surface area contributed by atoms with E-state index in [4.69, 9.17) is 18.9 Å². The number of carbonyl (C=O) groups is 1. The molecule has 0 spiro atoms. The summed E-state index contributed by atoms with van der Waals surface area (Å²) in [4.78, 5) is 21.3. The van der Waals surface area contributed by atoms with Crippen LogP contribution >= 0.6 is 0 Å². The molecule has 0 bridgehead atoms. The summed E-state index contributed by atoms with van der Waals surface area (Å²) in [6, 6.07) is 3.18. The lowest BCUT2D eigenvalue weighted by atomic mass is 10.0. The quantitative estimate of drug-likeness (QED) is 0.472. The number of esters is 1. The lowest BCUT2D eigenvalue weighted by Gasteiger charge is -2.17. The number of aromatic nitrogens is 2. The van der Waals surface area contributed by atoms with Crippen molar-refractivity contribution in [3.05, 3.63) is 23.4 Å². The molecule has 1 heterocycles. The summed E-state index contributed by atoms with van der Waals surface area (Å²) in [7, 11) is 5.91. The Morgan fingerprint density at radius 1 is 1.00 bits per heavy atom. The fourth-order valence-corrected chi connectivity index (χ4v) is 2.96. The second-order valence-electron chi connectivity index (χ2n) is 6.40. The van der Waals surface area contributed by atoms with Gasteiger partial charge >= 0.3 is 5.97 Å². The minimum absolute atomic E-state index is 0.316. The number of carbonyl (C=O) groups excluding carboxylic acids is 1. The second kappa shape index (κ2) is 10.5. The molecule has 0 fully saturated rings. The molecule has 2 rings (SSSR count). The van der Waals surface area contributed by atoms with Gasteiger partial charge in [-0.25, -0.2) is 14.8 Å². The van der Waals surface area contributed by atoms with Crippen LogP contribution in [0.1, 0.15) is 42.2 Å². The maximum Gasteiger partial charge on any atom is 0.338 e. The Morgan fingerprint density at radius 3 is 2.17 bits per heavy atom. The van der Waals surface area contributed by atoms with Crippen LogP contribution in [0.4, 0.5) is 5.82 Å². The molecule has 0 aliphatic heterocycles. The SMILES string of the molecule is CCCCCNc1nc(C)c(-c2c(OC)cc(C(=O)OC)cc2OC)nc1OC. The lowest BCUT2D eigenvalue weighted by molar-refractivity contribution is 0.0600. The van der Waals surface area contributed by atoms with Gasteiger partial charge in [-0.15, -0.1) is 0 Å². The van der Waals surface area contributed by atoms with Gasteiger partial charge in [-0.05, 0) is 25.5 Å². The van der Waals surface area contributed by atoms with Crippen LogP contribution in [0.25, 0.3) is 11.3 Å². The summed E-state index contributed by atoms with van der Waals surface area (Å²) >= 11 is 0. The zero-order valence-electron chi connectivity index (χ0n) is 17.9. The summed E-state index contributed by atoms with van der Waals surface area (Å²) in [6.07, 6.45) is 3.32. The van der Waals surface area contributed by atoms with Gasteiger partial charge in [0.25, 0.3) is 5.88 Å². The smallest absolute Gasteiger partial charge is 0.338 e. The highest BCUT2D eigenvalue weighted by Crippen LogP contribution is 2.41. The molecule has 1 aromatic heterocycles. The van der Waals surface area contributed by atoms with Crippen molar-refractivity contribution in [1.82, 2.24) is 9.97 Å². The van der Waals surface area contributed by atoms with E-state index < -0.39 is 5.97 Å². The van der Waals surface area contributed by atoms with Gasteiger partial charge in [0.2, 0.25) is 0 Å². The van der Waals surface area contributed by atoms with Crippen molar-refractivity contribution < 1.29 is 23.7 Å². The fraction of sp³-hybridized carbons (Fsp3) is 0.476. The average molecular weight is 403 g/mol. The predicted molar refractivity (Wildman–Crippen MR) is 111 cm³/mol. The summed E-state index contributed by atoms with van der Waals surface area (Å²) < 4.78 is 21.3. The van der Waals surface area contributed by atoms with Crippen LogP contribution in [0.2, 0.25) is 0 Å². The Bertz CT molecular complexity index is 829. The van der Waals surface area contributed by atoms with Crippen LogP contribution in [0.15, 0.2) is 12.1 Å². The van der Waals surface area contributed by atoms with Gasteiger partial charge in [0.1, 0.15) is 17.2 Å². The van der Waals surface area contributed by atoms with Crippen molar-refractivity contribution in [3.63, 3.8) is 0 Å². The predicted octanol–water partition coefficient (Wildman–Crippen LogP) is 3.87. The van der Waals surface area contributed by atoms with Crippen LogP contribution in [0.3, 0.4) is 0 Å². The standard InChI is InChI=1S/C21H29N3O5/c1-7-8-9-10-22-19-20(28-5)24-18(13(2)23-19)17-15(26-3)11-14(21(25)29-6)12-16(17)27-4/h11-12H,7-10H2,1-6H3,(H,22,23). The van der Waals surface area contributed by atoms with Crippen molar-refractivity contribution in [1.29, 1.82) is 0 Å². The van der Waals surface area contributed by atoms with Crippen molar-refractivity contribution in [3.8, 4) is 28.6 Å². The number of methoxy groups -OCH3 is 4. The molecule has 0 atom stereocenters.